The standard InChI is InChI=1S/C16H27FN2O2/c1-12(2)10-19(7-8-21-4)11-13(3)16(20)15-6-5-14(17)9-18-15/h5-6,9,12-13,16,20H,7-8,10-11H2,1-4H3. The molecule has 2 unspecified atom stereocenters. The average Bonchev–Trinajstić information content (AvgIpc) is 2.44. The maximum atomic E-state index is 12.9. The number of aliphatic hydroxyl groups is 1. The lowest BCUT2D eigenvalue weighted by Crippen LogP contribution is -2.36. The molecule has 0 bridgehead atoms. The zero-order chi connectivity index (χ0) is 15.8. The van der Waals surface area contributed by atoms with Crippen molar-refractivity contribution in [3.8, 4) is 0 Å². The van der Waals surface area contributed by atoms with E-state index in [2.05, 4.69) is 23.7 Å². The lowest BCUT2D eigenvalue weighted by Gasteiger charge is -2.29. The van der Waals surface area contributed by atoms with Gasteiger partial charge in [0.1, 0.15) is 5.82 Å². The van der Waals surface area contributed by atoms with E-state index in [4.69, 9.17) is 4.74 Å². The topological polar surface area (TPSA) is 45.6 Å². The molecule has 1 rings (SSSR count). The Bertz CT molecular complexity index is 398. The Labute approximate surface area is 126 Å². The predicted molar refractivity (Wildman–Crippen MR) is 81.5 cm³/mol. The van der Waals surface area contributed by atoms with E-state index in [0.29, 0.717) is 18.2 Å². The van der Waals surface area contributed by atoms with Crippen molar-refractivity contribution in [1.29, 1.82) is 0 Å². The fourth-order valence-corrected chi connectivity index (χ4v) is 2.35. The summed E-state index contributed by atoms with van der Waals surface area (Å²) in [6.45, 7) is 9.53. The van der Waals surface area contributed by atoms with E-state index in [0.717, 1.165) is 25.8 Å². The van der Waals surface area contributed by atoms with Crippen molar-refractivity contribution in [1.82, 2.24) is 9.88 Å². The third kappa shape index (κ3) is 6.50. The van der Waals surface area contributed by atoms with Gasteiger partial charge in [-0.05, 0) is 18.1 Å². The third-order valence-electron chi connectivity index (χ3n) is 3.37. The van der Waals surface area contributed by atoms with Crippen LogP contribution in [0.2, 0.25) is 0 Å². The molecule has 1 aromatic heterocycles. The Morgan fingerprint density at radius 2 is 2.00 bits per heavy atom. The van der Waals surface area contributed by atoms with Crippen molar-refractivity contribution in [2.24, 2.45) is 11.8 Å². The Balaban J connectivity index is 2.61. The minimum absolute atomic E-state index is 0.0126. The van der Waals surface area contributed by atoms with Crippen molar-refractivity contribution < 1.29 is 14.2 Å². The highest BCUT2D eigenvalue weighted by Crippen LogP contribution is 2.21. The second-order valence-corrected chi connectivity index (χ2v) is 5.97. The number of ether oxygens (including phenoxy) is 1. The van der Waals surface area contributed by atoms with E-state index in [1.165, 1.54) is 6.07 Å². The molecule has 0 fully saturated rings. The first-order valence-electron chi connectivity index (χ1n) is 7.44. The fraction of sp³-hybridized carbons (Fsp3) is 0.688. The first kappa shape index (κ1) is 18.0. The highest BCUT2D eigenvalue weighted by molar-refractivity contribution is 5.08. The van der Waals surface area contributed by atoms with Crippen molar-refractivity contribution >= 4 is 0 Å². The summed E-state index contributed by atoms with van der Waals surface area (Å²) in [5.41, 5.74) is 0.514. The smallest absolute Gasteiger partial charge is 0.141 e. The quantitative estimate of drug-likeness (QED) is 0.761. The summed E-state index contributed by atoms with van der Waals surface area (Å²) < 4.78 is 18.0. The Morgan fingerprint density at radius 3 is 2.52 bits per heavy atom. The molecule has 0 radical (unpaired) electrons. The van der Waals surface area contributed by atoms with Gasteiger partial charge in [0.25, 0.3) is 0 Å². The highest BCUT2D eigenvalue weighted by Gasteiger charge is 2.21. The van der Waals surface area contributed by atoms with Crippen molar-refractivity contribution in [3.05, 3.63) is 29.8 Å². The van der Waals surface area contributed by atoms with E-state index < -0.39 is 6.10 Å². The molecular formula is C16H27FN2O2. The van der Waals surface area contributed by atoms with Gasteiger partial charge < -0.3 is 14.7 Å². The van der Waals surface area contributed by atoms with Crippen molar-refractivity contribution in [2.75, 3.05) is 33.4 Å². The number of aliphatic hydroxyl groups excluding tert-OH is 1. The summed E-state index contributed by atoms with van der Waals surface area (Å²) >= 11 is 0. The van der Waals surface area contributed by atoms with E-state index in [1.54, 1.807) is 13.2 Å². The molecule has 21 heavy (non-hydrogen) atoms. The van der Waals surface area contributed by atoms with Gasteiger partial charge in [-0.2, -0.15) is 0 Å². The lowest BCUT2D eigenvalue weighted by molar-refractivity contribution is 0.0691. The van der Waals surface area contributed by atoms with Crippen LogP contribution in [0.3, 0.4) is 0 Å². The lowest BCUT2D eigenvalue weighted by atomic mass is 10.00. The number of nitrogens with zero attached hydrogens (tertiary/aromatic N) is 2. The van der Waals surface area contributed by atoms with Crippen LogP contribution in [0.5, 0.6) is 0 Å². The summed E-state index contributed by atoms with van der Waals surface area (Å²) in [6.07, 6.45) is 0.449. The highest BCUT2D eigenvalue weighted by atomic mass is 19.1. The summed E-state index contributed by atoms with van der Waals surface area (Å²) in [5.74, 6) is 0.175. The minimum atomic E-state index is -0.692. The van der Waals surface area contributed by atoms with Gasteiger partial charge in [0, 0.05) is 32.7 Å². The summed E-state index contributed by atoms with van der Waals surface area (Å²) in [6, 6.07) is 2.87. The largest absolute Gasteiger partial charge is 0.386 e. The molecule has 0 spiro atoms. The molecule has 0 aliphatic rings. The van der Waals surface area contributed by atoms with Crippen LogP contribution in [0.4, 0.5) is 4.39 Å². The van der Waals surface area contributed by atoms with E-state index in [1.807, 2.05) is 6.92 Å². The second kappa shape index (κ2) is 9.07. The van der Waals surface area contributed by atoms with E-state index in [-0.39, 0.29) is 11.7 Å². The monoisotopic (exact) mass is 298 g/mol. The summed E-state index contributed by atoms with van der Waals surface area (Å²) in [5, 5.41) is 10.3. The SMILES string of the molecule is COCCN(CC(C)C)CC(C)C(O)c1ccc(F)cn1. The molecule has 0 aromatic carbocycles. The number of pyridine rings is 1. The zero-order valence-electron chi connectivity index (χ0n) is 13.4. The normalized spacial score (nSPS) is 14.7. The van der Waals surface area contributed by atoms with E-state index in [9.17, 15) is 9.50 Å². The van der Waals surface area contributed by atoms with Crippen LogP contribution in [-0.4, -0.2) is 48.3 Å². The molecule has 0 saturated carbocycles. The molecular weight excluding hydrogens is 271 g/mol. The van der Waals surface area contributed by atoms with Crippen molar-refractivity contribution in [2.45, 2.75) is 26.9 Å². The molecule has 0 amide bonds. The van der Waals surface area contributed by atoms with Gasteiger partial charge in [-0.1, -0.05) is 20.8 Å². The van der Waals surface area contributed by atoms with Crippen LogP contribution in [-0.2, 0) is 4.74 Å². The molecule has 5 heteroatoms. The van der Waals surface area contributed by atoms with Crippen LogP contribution >= 0.6 is 0 Å². The number of halogens is 1. The first-order chi connectivity index (χ1) is 9.93. The van der Waals surface area contributed by atoms with Crippen LogP contribution in [0.25, 0.3) is 0 Å². The van der Waals surface area contributed by atoms with Gasteiger partial charge in [-0.25, -0.2) is 4.39 Å². The number of hydrogen-bond donors (Lipinski definition) is 1. The molecule has 4 nitrogen and oxygen atoms in total. The summed E-state index contributed by atoms with van der Waals surface area (Å²) in [4.78, 5) is 6.24. The molecule has 1 heterocycles. The molecule has 1 aromatic rings. The molecule has 2 atom stereocenters. The van der Waals surface area contributed by atoms with Gasteiger partial charge >= 0.3 is 0 Å². The number of aromatic nitrogens is 1. The van der Waals surface area contributed by atoms with Crippen LogP contribution in [0, 0.1) is 17.7 Å². The molecule has 0 aliphatic carbocycles. The minimum Gasteiger partial charge on any atom is -0.386 e. The van der Waals surface area contributed by atoms with E-state index >= 15 is 0 Å². The maximum absolute atomic E-state index is 12.9. The first-order valence-corrected chi connectivity index (χ1v) is 7.44. The number of hydrogen-bond acceptors (Lipinski definition) is 4. The Kier molecular flexibility index (Phi) is 7.78. The Hall–Kier alpha value is -1.04. The third-order valence-corrected chi connectivity index (χ3v) is 3.37. The average molecular weight is 298 g/mol. The molecule has 120 valence electrons. The van der Waals surface area contributed by atoms with Gasteiger partial charge in [0.05, 0.1) is 24.6 Å². The van der Waals surface area contributed by atoms with Gasteiger partial charge in [-0.15, -0.1) is 0 Å². The zero-order valence-corrected chi connectivity index (χ0v) is 13.4. The summed E-state index contributed by atoms with van der Waals surface area (Å²) in [7, 11) is 1.69. The number of rotatable bonds is 9. The van der Waals surface area contributed by atoms with Gasteiger partial charge in [0.15, 0.2) is 0 Å². The maximum Gasteiger partial charge on any atom is 0.141 e. The second-order valence-electron chi connectivity index (χ2n) is 5.97. The van der Waals surface area contributed by atoms with Crippen LogP contribution in [0.15, 0.2) is 18.3 Å². The van der Waals surface area contributed by atoms with Crippen LogP contribution in [0.1, 0.15) is 32.6 Å². The predicted octanol–water partition coefficient (Wildman–Crippen LogP) is 2.49. The van der Waals surface area contributed by atoms with Gasteiger partial charge in [-0.3, -0.25) is 4.98 Å². The number of methoxy groups -OCH3 is 1. The molecule has 0 aliphatic heterocycles. The Morgan fingerprint density at radius 1 is 1.29 bits per heavy atom. The van der Waals surface area contributed by atoms with Gasteiger partial charge in [0.2, 0.25) is 0 Å². The van der Waals surface area contributed by atoms with Crippen molar-refractivity contribution in [3.63, 3.8) is 0 Å². The fourth-order valence-electron chi connectivity index (χ4n) is 2.35. The molecule has 0 saturated heterocycles. The van der Waals surface area contributed by atoms with Crippen LogP contribution < -0.4 is 0 Å². The molecule has 1 N–H and O–H groups in total.